The molecule has 1 aromatic heterocycles. The molecular weight excluding hydrogens is 306 g/mol. The standard InChI is InChI=1S/C14H16BrN3O/c1-19-12-4-5-13(15)14(6-12)17-8-11-7-16-9-18(11)10-2-3-10/h4-7,9-10,17H,2-3,8H2,1H3. The first kappa shape index (κ1) is 12.5. The van der Waals surface area contributed by atoms with E-state index in [2.05, 4.69) is 30.8 Å². The monoisotopic (exact) mass is 321 g/mol. The lowest BCUT2D eigenvalue weighted by Gasteiger charge is -2.11. The number of halogens is 1. The maximum atomic E-state index is 5.24. The van der Waals surface area contributed by atoms with Crippen LogP contribution in [0.15, 0.2) is 35.2 Å². The van der Waals surface area contributed by atoms with Crippen LogP contribution in [0.25, 0.3) is 0 Å². The molecule has 0 aliphatic heterocycles. The summed E-state index contributed by atoms with van der Waals surface area (Å²) in [6.45, 7) is 0.766. The van der Waals surface area contributed by atoms with Gasteiger partial charge in [0.25, 0.3) is 0 Å². The van der Waals surface area contributed by atoms with Gasteiger partial charge in [-0.3, -0.25) is 0 Å². The highest BCUT2D eigenvalue weighted by Gasteiger charge is 2.24. The molecule has 1 aliphatic carbocycles. The van der Waals surface area contributed by atoms with E-state index >= 15 is 0 Å². The van der Waals surface area contributed by atoms with E-state index in [1.165, 1.54) is 18.5 Å². The summed E-state index contributed by atoms with van der Waals surface area (Å²) >= 11 is 3.54. The third-order valence-electron chi connectivity index (χ3n) is 3.32. The van der Waals surface area contributed by atoms with Crippen LogP contribution in [0.1, 0.15) is 24.6 Å². The van der Waals surface area contributed by atoms with Crippen LogP contribution in [-0.4, -0.2) is 16.7 Å². The van der Waals surface area contributed by atoms with Crippen LogP contribution in [0.4, 0.5) is 5.69 Å². The van der Waals surface area contributed by atoms with Crippen molar-refractivity contribution in [2.24, 2.45) is 0 Å². The number of benzene rings is 1. The molecule has 0 saturated heterocycles. The minimum absolute atomic E-state index is 0.660. The molecule has 0 unspecified atom stereocenters. The zero-order chi connectivity index (χ0) is 13.2. The van der Waals surface area contributed by atoms with Crippen molar-refractivity contribution in [1.29, 1.82) is 0 Å². The van der Waals surface area contributed by atoms with Gasteiger partial charge in [0, 0.05) is 22.8 Å². The first-order valence-corrected chi connectivity index (χ1v) is 7.15. The highest BCUT2D eigenvalue weighted by Crippen LogP contribution is 2.36. The SMILES string of the molecule is COc1ccc(Br)c(NCc2cncn2C2CC2)c1. The van der Waals surface area contributed by atoms with Crippen LogP contribution in [-0.2, 0) is 6.54 Å². The summed E-state index contributed by atoms with van der Waals surface area (Å²) in [7, 11) is 1.68. The lowest BCUT2D eigenvalue weighted by Crippen LogP contribution is -2.06. The normalized spacial score (nSPS) is 14.4. The molecule has 0 atom stereocenters. The molecule has 1 fully saturated rings. The summed E-state index contributed by atoms with van der Waals surface area (Å²) in [6, 6.07) is 6.57. The fraction of sp³-hybridized carbons (Fsp3) is 0.357. The molecule has 1 saturated carbocycles. The Morgan fingerprint density at radius 3 is 3.05 bits per heavy atom. The van der Waals surface area contributed by atoms with Crippen LogP contribution in [0.2, 0.25) is 0 Å². The van der Waals surface area contributed by atoms with E-state index in [1.807, 2.05) is 30.7 Å². The zero-order valence-corrected chi connectivity index (χ0v) is 12.4. The molecule has 0 radical (unpaired) electrons. The second kappa shape index (κ2) is 5.25. The van der Waals surface area contributed by atoms with Gasteiger partial charge in [-0.2, -0.15) is 0 Å². The second-order valence-corrected chi connectivity index (χ2v) is 5.58. The number of ether oxygens (including phenoxy) is 1. The zero-order valence-electron chi connectivity index (χ0n) is 10.8. The molecule has 0 amide bonds. The largest absolute Gasteiger partial charge is 0.497 e. The number of rotatable bonds is 5. The molecule has 4 nitrogen and oxygen atoms in total. The van der Waals surface area contributed by atoms with Gasteiger partial charge in [0.1, 0.15) is 5.75 Å². The Morgan fingerprint density at radius 2 is 2.32 bits per heavy atom. The van der Waals surface area contributed by atoms with Crippen molar-refractivity contribution >= 4 is 21.6 Å². The first-order valence-electron chi connectivity index (χ1n) is 6.36. The summed E-state index contributed by atoms with van der Waals surface area (Å²) in [6.07, 6.45) is 6.40. The molecule has 1 aromatic carbocycles. The van der Waals surface area contributed by atoms with E-state index in [1.54, 1.807) is 7.11 Å². The van der Waals surface area contributed by atoms with Crippen molar-refractivity contribution in [2.75, 3.05) is 12.4 Å². The minimum Gasteiger partial charge on any atom is -0.497 e. The van der Waals surface area contributed by atoms with E-state index in [0.29, 0.717) is 6.04 Å². The highest BCUT2D eigenvalue weighted by molar-refractivity contribution is 9.10. The highest BCUT2D eigenvalue weighted by atomic mass is 79.9. The van der Waals surface area contributed by atoms with Crippen LogP contribution in [0, 0.1) is 0 Å². The average Bonchev–Trinajstić information content (AvgIpc) is 3.17. The molecule has 3 rings (SSSR count). The van der Waals surface area contributed by atoms with Gasteiger partial charge in [-0.25, -0.2) is 4.98 Å². The average molecular weight is 322 g/mol. The number of imidazole rings is 1. The molecule has 1 N–H and O–H groups in total. The van der Waals surface area contributed by atoms with Gasteiger partial charge < -0.3 is 14.6 Å². The maximum Gasteiger partial charge on any atom is 0.121 e. The van der Waals surface area contributed by atoms with Crippen molar-refractivity contribution in [3.05, 3.63) is 40.9 Å². The van der Waals surface area contributed by atoms with E-state index in [4.69, 9.17) is 4.74 Å². The summed E-state index contributed by atoms with van der Waals surface area (Å²) < 4.78 is 8.54. The first-order chi connectivity index (χ1) is 9.28. The predicted octanol–water partition coefficient (Wildman–Crippen LogP) is 3.60. The minimum atomic E-state index is 0.660. The number of nitrogens with one attached hydrogen (secondary N) is 1. The summed E-state index contributed by atoms with van der Waals surface area (Å²) in [4.78, 5) is 4.24. The lowest BCUT2D eigenvalue weighted by molar-refractivity contribution is 0.415. The summed E-state index contributed by atoms with van der Waals surface area (Å²) in [5.41, 5.74) is 2.25. The van der Waals surface area contributed by atoms with Gasteiger partial charge in [0.05, 0.1) is 31.4 Å². The predicted molar refractivity (Wildman–Crippen MR) is 78.5 cm³/mol. The van der Waals surface area contributed by atoms with Crippen LogP contribution in [0.3, 0.4) is 0 Å². The third kappa shape index (κ3) is 2.76. The summed E-state index contributed by atoms with van der Waals surface area (Å²) in [5.74, 6) is 0.849. The fourth-order valence-corrected chi connectivity index (χ4v) is 2.49. The molecular formula is C14H16BrN3O. The lowest BCUT2D eigenvalue weighted by atomic mass is 10.3. The second-order valence-electron chi connectivity index (χ2n) is 4.72. The van der Waals surface area contributed by atoms with Crippen molar-refractivity contribution in [3.8, 4) is 5.75 Å². The van der Waals surface area contributed by atoms with Gasteiger partial charge in [-0.1, -0.05) is 0 Å². The van der Waals surface area contributed by atoms with Crippen molar-refractivity contribution in [3.63, 3.8) is 0 Å². The molecule has 0 spiro atoms. The molecule has 0 bridgehead atoms. The molecule has 1 aliphatic rings. The van der Waals surface area contributed by atoms with Gasteiger partial charge in [0.2, 0.25) is 0 Å². The molecule has 5 heteroatoms. The van der Waals surface area contributed by atoms with Gasteiger partial charge in [0.15, 0.2) is 0 Å². The van der Waals surface area contributed by atoms with Gasteiger partial charge in [-0.15, -0.1) is 0 Å². The topological polar surface area (TPSA) is 39.1 Å². The Labute approximate surface area is 120 Å². The Hall–Kier alpha value is -1.49. The van der Waals surface area contributed by atoms with Crippen molar-refractivity contribution in [2.45, 2.75) is 25.4 Å². The van der Waals surface area contributed by atoms with E-state index in [0.717, 1.165) is 22.5 Å². The number of hydrogen-bond acceptors (Lipinski definition) is 3. The number of nitrogens with zero attached hydrogens (tertiary/aromatic N) is 2. The quantitative estimate of drug-likeness (QED) is 0.914. The maximum absolute atomic E-state index is 5.24. The van der Waals surface area contributed by atoms with E-state index in [9.17, 15) is 0 Å². The van der Waals surface area contributed by atoms with Gasteiger partial charge >= 0.3 is 0 Å². The smallest absolute Gasteiger partial charge is 0.121 e. The third-order valence-corrected chi connectivity index (χ3v) is 4.01. The van der Waals surface area contributed by atoms with Crippen LogP contribution < -0.4 is 10.1 Å². The molecule has 100 valence electrons. The van der Waals surface area contributed by atoms with E-state index < -0.39 is 0 Å². The van der Waals surface area contributed by atoms with Gasteiger partial charge in [-0.05, 0) is 40.9 Å². The Morgan fingerprint density at radius 1 is 1.47 bits per heavy atom. The molecule has 2 aromatic rings. The number of anilines is 1. The Bertz CT molecular complexity index is 578. The van der Waals surface area contributed by atoms with Crippen molar-refractivity contribution < 1.29 is 4.74 Å². The Balaban J connectivity index is 1.73. The number of aromatic nitrogens is 2. The molecule has 19 heavy (non-hydrogen) atoms. The van der Waals surface area contributed by atoms with E-state index in [-0.39, 0.29) is 0 Å². The fourth-order valence-electron chi connectivity index (χ4n) is 2.10. The number of hydrogen-bond donors (Lipinski definition) is 1. The molecule has 1 heterocycles. The number of methoxy groups -OCH3 is 1. The summed E-state index contributed by atoms with van der Waals surface area (Å²) in [5, 5.41) is 3.43. The van der Waals surface area contributed by atoms with Crippen LogP contribution >= 0.6 is 15.9 Å². The van der Waals surface area contributed by atoms with Crippen molar-refractivity contribution in [1.82, 2.24) is 9.55 Å². The Kier molecular flexibility index (Phi) is 3.46. The van der Waals surface area contributed by atoms with Crippen LogP contribution in [0.5, 0.6) is 5.75 Å².